The third kappa shape index (κ3) is 8.72. The highest BCUT2D eigenvalue weighted by Crippen LogP contribution is 2.38. The molecule has 1 aliphatic heterocycles. The molecule has 0 amide bonds. The van der Waals surface area contributed by atoms with Crippen molar-refractivity contribution in [1.29, 1.82) is 0 Å². The highest BCUT2D eigenvalue weighted by atomic mass is 16.7. The molecule has 4 N–H and O–H groups in total. The van der Waals surface area contributed by atoms with E-state index in [1.807, 2.05) is 48.7 Å². The van der Waals surface area contributed by atoms with Crippen LogP contribution in [0.5, 0.6) is 11.5 Å². The lowest BCUT2D eigenvalue weighted by molar-refractivity contribution is -0.170. The van der Waals surface area contributed by atoms with Crippen molar-refractivity contribution in [3.05, 3.63) is 53.6 Å². The molecule has 0 saturated heterocycles. The number of carboxylic acid groups (broad SMARTS) is 3. The van der Waals surface area contributed by atoms with Crippen molar-refractivity contribution in [2.75, 3.05) is 27.4 Å². The van der Waals surface area contributed by atoms with E-state index in [-0.39, 0.29) is 6.79 Å². The molecule has 0 unspecified atom stereocenters. The van der Waals surface area contributed by atoms with Crippen LogP contribution in [0.3, 0.4) is 0 Å². The fraction of sp³-hybridized carbons (Fsp3) is 0.333. The summed E-state index contributed by atoms with van der Waals surface area (Å²) in [6.45, 7) is 1.25. The third-order valence-electron chi connectivity index (χ3n) is 4.84. The summed E-state index contributed by atoms with van der Waals surface area (Å²) >= 11 is 0. The molecule has 11 nitrogen and oxygen atoms in total. The van der Waals surface area contributed by atoms with Crippen LogP contribution in [0.4, 0.5) is 5.69 Å². The zero-order valence-electron chi connectivity index (χ0n) is 19.4. The normalized spacial score (nSPS) is 12.3. The molecular weight excluding hydrogens is 460 g/mol. The molecule has 35 heavy (non-hydrogen) atoms. The van der Waals surface area contributed by atoms with Crippen molar-refractivity contribution in [2.24, 2.45) is 4.99 Å². The number of aliphatic imine (C=N–C) groups is 1. The molecule has 2 aromatic rings. The zero-order chi connectivity index (χ0) is 26.0. The fourth-order valence-electron chi connectivity index (χ4n) is 3.04. The van der Waals surface area contributed by atoms with Crippen LogP contribution in [0, 0.1) is 0 Å². The Labute approximate surface area is 201 Å². The number of aliphatic hydroxyl groups is 1. The number of rotatable bonds is 10. The summed E-state index contributed by atoms with van der Waals surface area (Å²) in [7, 11) is 4.14. The van der Waals surface area contributed by atoms with Gasteiger partial charge in [-0.1, -0.05) is 30.3 Å². The Morgan fingerprint density at radius 2 is 1.57 bits per heavy atom. The Hall–Kier alpha value is -3.96. The Morgan fingerprint density at radius 3 is 2.09 bits per heavy atom. The lowest BCUT2D eigenvalue weighted by Gasteiger charge is -2.18. The minimum Gasteiger partial charge on any atom is -0.481 e. The summed E-state index contributed by atoms with van der Waals surface area (Å²) in [6, 6.07) is 14.1. The minimum atomic E-state index is -2.74. The number of carboxylic acids is 3. The number of aliphatic carboxylic acids is 3. The van der Waals surface area contributed by atoms with Crippen LogP contribution in [-0.4, -0.2) is 82.5 Å². The number of fused-ring (bicyclic) bond motifs is 1. The number of carbonyl (C=O) groups is 3. The van der Waals surface area contributed by atoms with Gasteiger partial charge in [0.05, 0.1) is 18.5 Å². The maximum atomic E-state index is 10.3. The maximum absolute atomic E-state index is 10.3. The molecule has 0 atom stereocenters. The van der Waals surface area contributed by atoms with E-state index in [1.165, 1.54) is 5.56 Å². The van der Waals surface area contributed by atoms with Crippen molar-refractivity contribution >= 4 is 29.8 Å². The summed E-state index contributed by atoms with van der Waals surface area (Å²) in [4.78, 5) is 37.3. The minimum absolute atomic E-state index is 0.286. The summed E-state index contributed by atoms with van der Waals surface area (Å²) in [6.07, 6.45) is 0.519. The van der Waals surface area contributed by atoms with E-state index in [0.717, 1.165) is 35.7 Å². The van der Waals surface area contributed by atoms with Crippen LogP contribution < -0.4 is 9.47 Å². The van der Waals surface area contributed by atoms with Crippen LogP contribution in [0.1, 0.15) is 24.0 Å². The predicted octanol–water partition coefficient (Wildman–Crippen LogP) is 2.02. The molecule has 0 saturated carbocycles. The SMILES string of the molecule is CN(C)CCc1cc2c(cc1N=Cc1ccccc1)OCO2.O=C(O)CC(O)(CC(=O)O)C(=O)O. The van der Waals surface area contributed by atoms with Crippen LogP contribution in [0.15, 0.2) is 47.5 Å². The monoisotopic (exact) mass is 488 g/mol. The van der Waals surface area contributed by atoms with Gasteiger partial charge in [0.2, 0.25) is 6.79 Å². The van der Waals surface area contributed by atoms with Crippen LogP contribution in [0.25, 0.3) is 0 Å². The van der Waals surface area contributed by atoms with E-state index in [2.05, 4.69) is 24.0 Å². The van der Waals surface area contributed by atoms with Gasteiger partial charge in [-0.15, -0.1) is 0 Å². The zero-order valence-corrected chi connectivity index (χ0v) is 19.4. The first-order valence-electron chi connectivity index (χ1n) is 10.6. The van der Waals surface area contributed by atoms with Gasteiger partial charge < -0.3 is 34.8 Å². The first kappa shape index (κ1) is 27.3. The van der Waals surface area contributed by atoms with Crippen molar-refractivity contribution in [3.8, 4) is 11.5 Å². The van der Waals surface area contributed by atoms with E-state index in [4.69, 9.17) is 29.9 Å². The first-order valence-corrected chi connectivity index (χ1v) is 10.6. The predicted molar refractivity (Wildman–Crippen MR) is 126 cm³/mol. The Bertz CT molecular complexity index is 1050. The Balaban J connectivity index is 0.000000287. The molecular formula is C24H28N2O9. The molecule has 0 spiro atoms. The van der Waals surface area contributed by atoms with Gasteiger partial charge in [-0.05, 0) is 37.7 Å². The van der Waals surface area contributed by atoms with Gasteiger partial charge >= 0.3 is 17.9 Å². The number of nitrogens with zero attached hydrogens (tertiary/aromatic N) is 2. The first-order chi connectivity index (χ1) is 16.5. The van der Waals surface area contributed by atoms with E-state index in [0.29, 0.717) is 0 Å². The quantitative estimate of drug-likeness (QED) is 0.363. The average molecular weight is 488 g/mol. The van der Waals surface area contributed by atoms with Crippen molar-refractivity contribution in [1.82, 2.24) is 4.90 Å². The van der Waals surface area contributed by atoms with Gasteiger partial charge in [-0.2, -0.15) is 0 Å². The van der Waals surface area contributed by atoms with Crippen molar-refractivity contribution in [3.63, 3.8) is 0 Å². The molecule has 0 radical (unpaired) electrons. The molecule has 1 aliphatic rings. The Morgan fingerprint density at radius 1 is 1.00 bits per heavy atom. The van der Waals surface area contributed by atoms with Crippen LogP contribution in [0.2, 0.25) is 0 Å². The average Bonchev–Trinajstić information content (AvgIpc) is 3.23. The third-order valence-corrected chi connectivity index (χ3v) is 4.84. The summed E-state index contributed by atoms with van der Waals surface area (Å²) in [5, 5.41) is 33.8. The van der Waals surface area contributed by atoms with E-state index in [9.17, 15) is 14.4 Å². The molecule has 0 aromatic heterocycles. The molecule has 0 bridgehead atoms. The lowest BCUT2D eigenvalue weighted by atomic mass is 9.96. The Kier molecular flexibility index (Phi) is 9.74. The molecule has 0 aliphatic carbocycles. The molecule has 11 heteroatoms. The fourth-order valence-corrected chi connectivity index (χ4v) is 3.04. The molecule has 0 fully saturated rings. The van der Waals surface area contributed by atoms with Crippen LogP contribution >= 0.6 is 0 Å². The highest BCUT2D eigenvalue weighted by Gasteiger charge is 2.40. The maximum Gasteiger partial charge on any atom is 0.336 e. The summed E-state index contributed by atoms with van der Waals surface area (Å²) in [5.41, 5.74) is 0.455. The second-order valence-corrected chi connectivity index (χ2v) is 8.03. The van der Waals surface area contributed by atoms with E-state index in [1.54, 1.807) is 0 Å². The van der Waals surface area contributed by atoms with Crippen molar-refractivity contribution < 1.29 is 44.3 Å². The van der Waals surface area contributed by atoms with Crippen LogP contribution in [-0.2, 0) is 20.8 Å². The van der Waals surface area contributed by atoms with Gasteiger partial charge in [0.25, 0.3) is 0 Å². The number of likely N-dealkylation sites (N-methyl/N-ethyl adjacent to an activating group) is 1. The molecule has 2 aromatic carbocycles. The van der Waals surface area contributed by atoms with Gasteiger partial charge in [-0.3, -0.25) is 14.6 Å². The van der Waals surface area contributed by atoms with Gasteiger partial charge in [0.15, 0.2) is 17.1 Å². The highest BCUT2D eigenvalue weighted by molar-refractivity contribution is 5.88. The number of hydrogen-bond acceptors (Lipinski definition) is 8. The second-order valence-electron chi connectivity index (χ2n) is 8.03. The molecule has 1 heterocycles. The number of benzene rings is 2. The summed E-state index contributed by atoms with van der Waals surface area (Å²) < 4.78 is 10.9. The smallest absolute Gasteiger partial charge is 0.336 e. The second kappa shape index (κ2) is 12.5. The lowest BCUT2D eigenvalue weighted by Crippen LogP contribution is -2.42. The largest absolute Gasteiger partial charge is 0.481 e. The van der Waals surface area contributed by atoms with Gasteiger partial charge in [0, 0.05) is 18.8 Å². The van der Waals surface area contributed by atoms with Crippen molar-refractivity contribution in [2.45, 2.75) is 24.9 Å². The van der Waals surface area contributed by atoms with E-state index < -0.39 is 36.4 Å². The van der Waals surface area contributed by atoms with E-state index >= 15 is 0 Å². The summed E-state index contributed by atoms with van der Waals surface area (Å²) in [5.74, 6) is -3.43. The molecule has 188 valence electrons. The topological polar surface area (TPSA) is 166 Å². The standard InChI is InChI=1S/C18H20N2O2.C6H8O7/c1-20(2)9-8-15-10-17-18(22-13-21-17)11-16(15)19-12-14-6-4-3-5-7-14;7-3(8)1-6(13,5(11)12)2-4(9)10/h3-7,10-12H,8-9,13H2,1-2H3;13H,1-2H2,(H,7,8)(H,9,10)(H,11,12). The number of hydrogen-bond donors (Lipinski definition) is 4. The molecule has 3 rings (SSSR count). The van der Waals surface area contributed by atoms with Gasteiger partial charge in [0.1, 0.15) is 0 Å². The number of ether oxygens (including phenoxy) is 2. The van der Waals surface area contributed by atoms with Gasteiger partial charge in [-0.25, -0.2) is 4.79 Å².